The smallest absolute Gasteiger partial charge is 0.224 e. The summed E-state index contributed by atoms with van der Waals surface area (Å²) in [5.74, 6) is 0.404. The number of nitrogen functional groups attached to an aromatic ring is 1. The van der Waals surface area contributed by atoms with Crippen LogP contribution >= 0.6 is 11.3 Å². The summed E-state index contributed by atoms with van der Waals surface area (Å²) in [5, 5.41) is 3.57. The molecule has 19 heavy (non-hydrogen) atoms. The lowest BCUT2D eigenvalue weighted by Crippen LogP contribution is -2.15. The molecular weight excluding hydrogens is 258 g/mol. The lowest BCUT2D eigenvalue weighted by atomic mass is 10.1. The first-order valence-corrected chi connectivity index (χ1v) is 7.16. The minimum absolute atomic E-state index is 0.0537. The zero-order valence-corrected chi connectivity index (χ0v) is 12.5. The average Bonchev–Trinajstić information content (AvgIpc) is 2.64. The van der Waals surface area contributed by atoms with Gasteiger partial charge < -0.3 is 11.1 Å². The fraction of sp³-hybridized carbons (Fsp3) is 0.429. The second-order valence-corrected chi connectivity index (χ2v) is 6.27. The van der Waals surface area contributed by atoms with Crippen molar-refractivity contribution in [3.05, 3.63) is 17.2 Å². The van der Waals surface area contributed by atoms with Gasteiger partial charge in [0.2, 0.25) is 5.91 Å². The standard InChI is InChI=1S/C14H19N3OS/c1-7(2)5-11(18)17-12-8(3)6-10-13(9(12)4)19-14(15)16-10/h6-7H,5H2,1-4H3,(H2,15,16)(H,17,18). The van der Waals surface area contributed by atoms with E-state index < -0.39 is 0 Å². The number of fused-ring (bicyclic) bond motifs is 1. The number of aryl methyl sites for hydroxylation is 2. The van der Waals surface area contributed by atoms with Gasteiger partial charge in [-0.2, -0.15) is 0 Å². The minimum Gasteiger partial charge on any atom is -0.375 e. The van der Waals surface area contributed by atoms with Crippen molar-refractivity contribution >= 4 is 38.3 Å². The molecular formula is C14H19N3OS. The number of amides is 1. The van der Waals surface area contributed by atoms with Crippen LogP contribution in [0, 0.1) is 19.8 Å². The molecule has 5 heteroatoms. The summed E-state index contributed by atoms with van der Waals surface area (Å²) in [6.07, 6.45) is 0.530. The second-order valence-electron chi connectivity index (χ2n) is 5.24. The first-order valence-electron chi connectivity index (χ1n) is 6.34. The molecule has 2 rings (SSSR count). The monoisotopic (exact) mass is 277 g/mol. The van der Waals surface area contributed by atoms with Crippen LogP contribution in [0.25, 0.3) is 10.2 Å². The van der Waals surface area contributed by atoms with Gasteiger partial charge in [0.25, 0.3) is 0 Å². The zero-order valence-electron chi connectivity index (χ0n) is 11.7. The molecule has 0 atom stereocenters. The molecule has 1 amide bonds. The van der Waals surface area contributed by atoms with E-state index in [2.05, 4.69) is 10.3 Å². The number of carbonyl (C=O) groups is 1. The lowest BCUT2D eigenvalue weighted by Gasteiger charge is -2.13. The summed E-state index contributed by atoms with van der Waals surface area (Å²) in [5.41, 5.74) is 9.60. The normalized spacial score (nSPS) is 11.2. The van der Waals surface area contributed by atoms with Crippen LogP contribution in [-0.2, 0) is 4.79 Å². The van der Waals surface area contributed by atoms with Gasteiger partial charge in [0.1, 0.15) is 0 Å². The molecule has 0 spiro atoms. The number of aromatic nitrogens is 1. The van der Waals surface area contributed by atoms with E-state index in [1.54, 1.807) is 0 Å². The predicted molar refractivity (Wildman–Crippen MR) is 81.6 cm³/mol. The van der Waals surface area contributed by atoms with E-state index >= 15 is 0 Å². The summed E-state index contributed by atoms with van der Waals surface area (Å²) >= 11 is 1.46. The molecule has 0 fully saturated rings. The SMILES string of the molecule is Cc1cc2nc(N)sc2c(C)c1NC(=O)CC(C)C. The number of anilines is 2. The van der Waals surface area contributed by atoms with Crippen LogP contribution in [0.15, 0.2) is 6.07 Å². The highest BCUT2D eigenvalue weighted by Crippen LogP contribution is 2.34. The van der Waals surface area contributed by atoms with Crippen LogP contribution in [0.1, 0.15) is 31.4 Å². The number of nitrogens with zero attached hydrogens (tertiary/aromatic N) is 1. The minimum atomic E-state index is 0.0537. The Morgan fingerprint density at radius 3 is 2.79 bits per heavy atom. The number of hydrogen-bond acceptors (Lipinski definition) is 4. The van der Waals surface area contributed by atoms with Gasteiger partial charge >= 0.3 is 0 Å². The quantitative estimate of drug-likeness (QED) is 0.902. The van der Waals surface area contributed by atoms with Crippen molar-refractivity contribution in [3.8, 4) is 0 Å². The van der Waals surface area contributed by atoms with Gasteiger partial charge in [-0.15, -0.1) is 0 Å². The molecule has 0 saturated carbocycles. The van der Waals surface area contributed by atoms with Crippen LogP contribution in [0.3, 0.4) is 0 Å². The maximum Gasteiger partial charge on any atom is 0.224 e. The first-order chi connectivity index (χ1) is 8.88. The summed E-state index contributed by atoms with van der Waals surface area (Å²) in [7, 11) is 0. The third kappa shape index (κ3) is 2.87. The van der Waals surface area contributed by atoms with Crippen molar-refractivity contribution in [2.75, 3.05) is 11.1 Å². The number of nitrogens with two attached hydrogens (primary N) is 1. The third-order valence-electron chi connectivity index (χ3n) is 2.99. The molecule has 3 N–H and O–H groups in total. The van der Waals surface area contributed by atoms with Crippen molar-refractivity contribution in [1.29, 1.82) is 0 Å². The van der Waals surface area contributed by atoms with Crippen molar-refractivity contribution < 1.29 is 4.79 Å². The second kappa shape index (κ2) is 5.17. The average molecular weight is 277 g/mol. The number of thiazole rings is 1. The Morgan fingerprint density at radius 2 is 2.16 bits per heavy atom. The van der Waals surface area contributed by atoms with E-state index in [0.29, 0.717) is 17.5 Å². The Hall–Kier alpha value is -1.62. The molecule has 0 unspecified atom stereocenters. The van der Waals surface area contributed by atoms with Crippen molar-refractivity contribution in [2.24, 2.45) is 5.92 Å². The van der Waals surface area contributed by atoms with E-state index in [-0.39, 0.29) is 5.91 Å². The Kier molecular flexibility index (Phi) is 3.75. The summed E-state index contributed by atoms with van der Waals surface area (Å²) < 4.78 is 1.04. The molecule has 0 aliphatic heterocycles. The van der Waals surface area contributed by atoms with Crippen LogP contribution in [-0.4, -0.2) is 10.9 Å². The van der Waals surface area contributed by atoms with Gasteiger partial charge in [0.05, 0.1) is 10.2 Å². The first kappa shape index (κ1) is 13.8. The molecule has 1 aromatic heterocycles. The molecule has 0 aliphatic carbocycles. The largest absolute Gasteiger partial charge is 0.375 e. The third-order valence-corrected chi connectivity index (χ3v) is 4.01. The predicted octanol–water partition coefficient (Wildman–Crippen LogP) is 3.48. The van der Waals surface area contributed by atoms with Gasteiger partial charge in [0.15, 0.2) is 5.13 Å². The molecule has 0 bridgehead atoms. The Balaban J connectivity index is 2.40. The van der Waals surface area contributed by atoms with E-state index in [9.17, 15) is 4.79 Å². The van der Waals surface area contributed by atoms with Gasteiger partial charge in [0, 0.05) is 12.1 Å². The van der Waals surface area contributed by atoms with Crippen LogP contribution in [0.5, 0.6) is 0 Å². The molecule has 2 aromatic rings. The van der Waals surface area contributed by atoms with E-state index in [1.165, 1.54) is 11.3 Å². The highest BCUT2D eigenvalue weighted by molar-refractivity contribution is 7.22. The molecule has 102 valence electrons. The summed E-state index contributed by atoms with van der Waals surface area (Å²) in [6.45, 7) is 8.05. The van der Waals surface area contributed by atoms with E-state index in [1.807, 2.05) is 33.8 Å². The van der Waals surface area contributed by atoms with Gasteiger partial charge in [-0.3, -0.25) is 4.79 Å². The molecule has 0 aliphatic rings. The van der Waals surface area contributed by atoms with Gasteiger partial charge in [-0.1, -0.05) is 25.2 Å². The summed E-state index contributed by atoms with van der Waals surface area (Å²) in [4.78, 5) is 16.2. The van der Waals surface area contributed by atoms with Crippen LogP contribution in [0.2, 0.25) is 0 Å². The molecule has 1 heterocycles. The van der Waals surface area contributed by atoms with Crippen LogP contribution in [0.4, 0.5) is 10.8 Å². The number of carbonyl (C=O) groups excluding carboxylic acids is 1. The molecule has 0 saturated heterocycles. The van der Waals surface area contributed by atoms with E-state index in [4.69, 9.17) is 5.73 Å². The Labute approximate surface area is 117 Å². The zero-order chi connectivity index (χ0) is 14.2. The number of hydrogen-bond donors (Lipinski definition) is 2. The van der Waals surface area contributed by atoms with Crippen LogP contribution < -0.4 is 11.1 Å². The fourth-order valence-electron chi connectivity index (χ4n) is 2.16. The maximum atomic E-state index is 11.9. The fourth-order valence-corrected chi connectivity index (χ4v) is 2.97. The van der Waals surface area contributed by atoms with Crippen molar-refractivity contribution in [3.63, 3.8) is 0 Å². The molecule has 1 aromatic carbocycles. The number of rotatable bonds is 3. The number of nitrogens with one attached hydrogen (secondary N) is 1. The van der Waals surface area contributed by atoms with Gasteiger partial charge in [-0.25, -0.2) is 4.98 Å². The van der Waals surface area contributed by atoms with Gasteiger partial charge in [-0.05, 0) is 37.0 Å². The topological polar surface area (TPSA) is 68.0 Å². The van der Waals surface area contributed by atoms with Crippen molar-refractivity contribution in [2.45, 2.75) is 34.1 Å². The highest BCUT2D eigenvalue weighted by atomic mass is 32.1. The van der Waals surface area contributed by atoms with Crippen molar-refractivity contribution in [1.82, 2.24) is 4.98 Å². The molecule has 4 nitrogen and oxygen atoms in total. The lowest BCUT2D eigenvalue weighted by molar-refractivity contribution is -0.116. The Bertz CT molecular complexity index is 631. The Morgan fingerprint density at radius 1 is 1.47 bits per heavy atom. The van der Waals surface area contributed by atoms with E-state index in [0.717, 1.165) is 27.0 Å². The molecule has 0 radical (unpaired) electrons. The highest BCUT2D eigenvalue weighted by Gasteiger charge is 2.14. The maximum absolute atomic E-state index is 11.9. The summed E-state index contributed by atoms with van der Waals surface area (Å²) in [6, 6.07) is 1.97. The number of benzene rings is 1.